The minimum atomic E-state index is -1.29. The van der Waals surface area contributed by atoms with Crippen LogP contribution < -0.4 is 16.1 Å². The van der Waals surface area contributed by atoms with Gasteiger partial charge in [0.1, 0.15) is 34.9 Å². The number of methoxy groups -OCH3 is 2. The number of aromatic nitrogens is 4. The van der Waals surface area contributed by atoms with E-state index in [-0.39, 0.29) is 41.7 Å². The summed E-state index contributed by atoms with van der Waals surface area (Å²) in [5.74, 6) is 0.629. The van der Waals surface area contributed by atoms with E-state index in [4.69, 9.17) is 18.6 Å². The van der Waals surface area contributed by atoms with Crippen LogP contribution in [0.5, 0.6) is 0 Å². The first-order valence-corrected chi connectivity index (χ1v) is 20.6. The van der Waals surface area contributed by atoms with Gasteiger partial charge in [0.15, 0.2) is 0 Å². The van der Waals surface area contributed by atoms with Crippen LogP contribution in [0.1, 0.15) is 77.1 Å². The number of aliphatic hydroxyl groups is 1. The van der Waals surface area contributed by atoms with Crippen molar-refractivity contribution in [2.75, 3.05) is 40.5 Å². The van der Waals surface area contributed by atoms with Gasteiger partial charge in [0.25, 0.3) is 0 Å². The van der Waals surface area contributed by atoms with Gasteiger partial charge >= 0.3 is 6.09 Å². The van der Waals surface area contributed by atoms with Gasteiger partial charge in [-0.3, -0.25) is 19.7 Å². The van der Waals surface area contributed by atoms with Crippen LogP contribution in [-0.4, -0.2) is 112 Å². The molecule has 2 fully saturated rings. The molecule has 2 aliphatic rings. The summed E-state index contributed by atoms with van der Waals surface area (Å²) in [4.78, 5) is 73.3. The number of rotatable bonds is 14. The first-order chi connectivity index (χ1) is 29.0. The molecule has 3 amide bonds. The average Bonchev–Trinajstić information content (AvgIpc) is 4.08. The van der Waals surface area contributed by atoms with Gasteiger partial charge in [-0.15, -0.1) is 0 Å². The SMILES string of the molecule is CC[C@H](C)[C@H](NC(=O)OC)C(=O)N1CCC[C@H]1c1ncc(-c2ccc3c(=O)c4cc(-c5cnc([C@@H]6COCCN6C(=O)[C@@H](NC(O)OC)[C@@H](C)CC)[nH]5)ccc4oc3c2)[nH]1. The van der Waals surface area contributed by atoms with E-state index in [0.717, 1.165) is 18.4 Å². The Hall–Kier alpha value is -5.62. The number of fused-ring (bicyclic) bond motifs is 2. The number of hydrogen-bond acceptors (Lipinski definition) is 12. The van der Waals surface area contributed by atoms with Crippen molar-refractivity contribution >= 4 is 39.8 Å². The molecule has 5 N–H and O–H groups in total. The molecule has 5 heterocycles. The first-order valence-electron chi connectivity index (χ1n) is 20.6. The Labute approximate surface area is 347 Å². The number of morpholine rings is 1. The van der Waals surface area contributed by atoms with Crippen molar-refractivity contribution in [3.8, 4) is 22.5 Å². The Morgan fingerprint density at radius 1 is 0.867 bits per heavy atom. The van der Waals surface area contributed by atoms with Gasteiger partial charge in [0, 0.05) is 31.3 Å². The van der Waals surface area contributed by atoms with Crippen molar-refractivity contribution in [2.45, 2.75) is 84.0 Å². The number of hydrogen-bond donors (Lipinski definition) is 5. The maximum Gasteiger partial charge on any atom is 0.407 e. The standard InChI is InChI=1S/C43H54N8O9/c1-7-23(3)35(48-42(55)57-5)40(53)50-15-9-10-31(50)38-44-21-30(46-38)26-11-13-27-34(19-26)60-33-14-12-25(18-28(33)37(27)52)29-20-45-39(47-29)32-22-59-17-16-51(32)41(54)36(24(4)8-2)49-43(56)58-6/h11-14,18-21,23-24,31-32,35-36,43,49,56H,7-10,15-17,22H2,1-6H3,(H,44,46)(H,45,47)(H,48,55)/t23-,24-,31-,32-,35-,36-,43?/m0/s1. The number of benzene rings is 2. The lowest BCUT2D eigenvalue weighted by atomic mass is 9.97. The van der Waals surface area contributed by atoms with Gasteiger partial charge in [0.2, 0.25) is 23.7 Å². The van der Waals surface area contributed by atoms with Crippen molar-refractivity contribution in [1.29, 1.82) is 0 Å². The normalized spacial score (nSPS) is 19.6. The third-order valence-corrected chi connectivity index (χ3v) is 12.0. The van der Waals surface area contributed by atoms with E-state index >= 15 is 0 Å². The van der Waals surface area contributed by atoms with Crippen LogP contribution in [0.25, 0.3) is 44.5 Å². The summed E-state index contributed by atoms with van der Waals surface area (Å²) >= 11 is 0. The lowest BCUT2D eigenvalue weighted by molar-refractivity contribution is -0.152. The van der Waals surface area contributed by atoms with Crippen molar-refractivity contribution in [1.82, 2.24) is 40.4 Å². The van der Waals surface area contributed by atoms with Crippen LogP contribution in [0.3, 0.4) is 0 Å². The minimum absolute atomic E-state index is 0.0810. The van der Waals surface area contributed by atoms with E-state index in [1.165, 1.54) is 14.2 Å². The highest BCUT2D eigenvalue weighted by Crippen LogP contribution is 2.34. The van der Waals surface area contributed by atoms with Crippen molar-refractivity contribution in [2.24, 2.45) is 11.8 Å². The highest BCUT2D eigenvalue weighted by Gasteiger charge is 2.39. The fourth-order valence-corrected chi connectivity index (χ4v) is 8.07. The molecule has 17 nitrogen and oxygen atoms in total. The molecule has 0 radical (unpaired) electrons. The van der Waals surface area contributed by atoms with E-state index in [9.17, 15) is 24.3 Å². The maximum absolute atomic E-state index is 13.9. The number of nitrogens with one attached hydrogen (secondary N) is 4. The van der Waals surface area contributed by atoms with Crippen LogP contribution in [0.4, 0.5) is 4.79 Å². The Morgan fingerprint density at radius 2 is 1.50 bits per heavy atom. The monoisotopic (exact) mass is 826 g/mol. The molecule has 0 bridgehead atoms. The number of nitrogens with zero attached hydrogens (tertiary/aromatic N) is 4. The van der Waals surface area contributed by atoms with Crippen molar-refractivity contribution < 1.29 is 38.1 Å². The third kappa shape index (κ3) is 8.52. The van der Waals surface area contributed by atoms with Gasteiger partial charge < -0.3 is 48.8 Å². The van der Waals surface area contributed by atoms with E-state index in [1.807, 2.05) is 39.8 Å². The summed E-state index contributed by atoms with van der Waals surface area (Å²) in [5.41, 5.74) is 3.45. The fraction of sp³-hybridized carbons (Fsp3) is 0.488. The molecule has 2 aliphatic heterocycles. The molecular weight excluding hydrogens is 773 g/mol. The molecule has 2 aromatic carbocycles. The summed E-state index contributed by atoms with van der Waals surface area (Å²) in [6.07, 6.45) is 4.36. The second kappa shape index (κ2) is 18.3. The molecule has 1 unspecified atom stereocenters. The predicted molar refractivity (Wildman–Crippen MR) is 222 cm³/mol. The number of ether oxygens (including phenoxy) is 3. The van der Waals surface area contributed by atoms with Crippen molar-refractivity contribution in [3.63, 3.8) is 0 Å². The van der Waals surface area contributed by atoms with Gasteiger partial charge in [-0.1, -0.05) is 46.6 Å². The molecule has 0 saturated carbocycles. The number of amides is 3. The molecule has 7 atom stereocenters. The van der Waals surface area contributed by atoms with Crippen LogP contribution in [0.15, 0.2) is 58.0 Å². The number of carbonyl (C=O) groups excluding carboxylic acids is 3. The molecule has 0 spiro atoms. The Bertz CT molecular complexity index is 2390. The number of imidazole rings is 2. The number of H-pyrrole nitrogens is 2. The summed E-state index contributed by atoms with van der Waals surface area (Å²) < 4.78 is 21.9. The lowest BCUT2D eigenvalue weighted by Gasteiger charge is -2.38. The Kier molecular flexibility index (Phi) is 13.0. The Morgan fingerprint density at radius 3 is 2.18 bits per heavy atom. The molecule has 320 valence electrons. The third-order valence-electron chi connectivity index (χ3n) is 12.0. The van der Waals surface area contributed by atoms with Crippen LogP contribution in [-0.2, 0) is 23.8 Å². The predicted octanol–water partition coefficient (Wildman–Crippen LogP) is 4.99. The minimum Gasteiger partial charge on any atom is -0.456 e. The number of carbonyl (C=O) groups is 3. The lowest BCUT2D eigenvalue weighted by Crippen LogP contribution is -2.56. The van der Waals surface area contributed by atoms with E-state index in [0.29, 0.717) is 83.1 Å². The molecule has 3 aromatic heterocycles. The van der Waals surface area contributed by atoms with Gasteiger partial charge in [-0.05, 0) is 55.0 Å². The summed E-state index contributed by atoms with van der Waals surface area (Å²) in [6, 6.07) is 8.53. The number of aromatic amines is 2. The first kappa shape index (κ1) is 42.5. The zero-order valence-corrected chi connectivity index (χ0v) is 34.8. The molecule has 7 rings (SSSR count). The topological polar surface area (TPSA) is 217 Å². The highest BCUT2D eigenvalue weighted by atomic mass is 16.6. The number of alkyl carbamates (subject to hydrolysis) is 1. The largest absolute Gasteiger partial charge is 0.456 e. The summed E-state index contributed by atoms with van der Waals surface area (Å²) in [5, 5.41) is 16.6. The second-order valence-corrected chi connectivity index (χ2v) is 15.6. The number of likely N-dealkylation sites (tertiary alicyclic amines) is 1. The highest BCUT2D eigenvalue weighted by molar-refractivity contribution is 5.93. The van der Waals surface area contributed by atoms with Gasteiger partial charge in [-0.25, -0.2) is 14.8 Å². The van der Waals surface area contributed by atoms with Crippen LogP contribution in [0, 0.1) is 11.8 Å². The zero-order valence-electron chi connectivity index (χ0n) is 34.8. The van der Waals surface area contributed by atoms with E-state index in [1.54, 1.807) is 46.5 Å². The summed E-state index contributed by atoms with van der Waals surface area (Å²) in [7, 11) is 2.64. The van der Waals surface area contributed by atoms with Crippen LogP contribution in [0.2, 0.25) is 0 Å². The number of aliphatic hydroxyl groups excluding tert-OH is 1. The van der Waals surface area contributed by atoms with Crippen molar-refractivity contribution in [3.05, 3.63) is 70.7 Å². The zero-order chi connectivity index (χ0) is 42.7. The fourth-order valence-electron chi connectivity index (χ4n) is 8.07. The Balaban J connectivity index is 1.11. The molecule has 5 aromatic rings. The van der Waals surface area contributed by atoms with Crippen LogP contribution >= 0.6 is 0 Å². The quantitative estimate of drug-likeness (QED) is 0.0740. The molecule has 2 saturated heterocycles. The smallest absolute Gasteiger partial charge is 0.407 e. The molecule has 17 heteroatoms. The maximum atomic E-state index is 13.9. The van der Waals surface area contributed by atoms with Gasteiger partial charge in [-0.2, -0.15) is 0 Å². The second-order valence-electron chi connectivity index (χ2n) is 15.6. The summed E-state index contributed by atoms with van der Waals surface area (Å²) in [6.45, 7) is 9.33. The molecule has 0 aliphatic carbocycles. The molecular formula is C43H54N8O9. The average molecular weight is 827 g/mol. The molecule has 60 heavy (non-hydrogen) atoms. The van der Waals surface area contributed by atoms with E-state index in [2.05, 4.69) is 30.6 Å². The van der Waals surface area contributed by atoms with Gasteiger partial charge in [0.05, 0.1) is 67.0 Å². The van der Waals surface area contributed by atoms with E-state index < -0.39 is 30.6 Å².